The number of nitrogens with one attached hydrogen (secondary N) is 1. The van der Waals surface area contributed by atoms with Gasteiger partial charge in [0.15, 0.2) is 11.1 Å². The van der Waals surface area contributed by atoms with Crippen molar-refractivity contribution in [1.29, 1.82) is 0 Å². The fourth-order valence-corrected chi connectivity index (χ4v) is 5.59. The molecule has 2 aromatic rings. The van der Waals surface area contributed by atoms with Crippen molar-refractivity contribution in [2.45, 2.75) is 57.2 Å². The van der Waals surface area contributed by atoms with Gasteiger partial charge in [0.1, 0.15) is 0 Å². The summed E-state index contributed by atoms with van der Waals surface area (Å²) in [6.45, 7) is 0.795. The Morgan fingerprint density at radius 2 is 1.88 bits per heavy atom. The molecule has 1 amide bonds. The molecule has 3 aliphatic rings. The number of piperidine rings is 1. The minimum atomic E-state index is -4.62. The number of imidazole rings is 1. The highest BCUT2D eigenvalue weighted by molar-refractivity contribution is 6.03. The first-order chi connectivity index (χ1) is 16.0. The highest BCUT2D eigenvalue weighted by Gasteiger charge is 2.59. The van der Waals surface area contributed by atoms with Crippen LogP contribution in [0, 0.1) is 29.1 Å². The van der Waals surface area contributed by atoms with Gasteiger partial charge in [0.05, 0.1) is 29.5 Å². The number of hydrogen-bond donors (Lipinski definition) is 3. The number of halogens is 3. The first kappa shape index (κ1) is 23.1. The molecular formula is C23H28F3N5O3. The van der Waals surface area contributed by atoms with E-state index in [1.54, 1.807) is 12.3 Å². The first-order valence-electron chi connectivity index (χ1n) is 11.7. The fraction of sp³-hybridized carbons (Fsp3) is 0.652. The Hall–Kier alpha value is -2.69. The van der Waals surface area contributed by atoms with Crippen LogP contribution in [0.5, 0.6) is 0 Å². The van der Waals surface area contributed by atoms with Crippen molar-refractivity contribution in [3.05, 3.63) is 29.7 Å². The summed E-state index contributed by atoms with van der Waals surface area (Å²) < 4.78 is 41.8. The lowest BCUT2D eigenvalue weighted by Crippen LogP contribution is -2.58. The molecule has 0 bridgehead atoms. The van der Waals surface area contributed by atoms with Gasteiger partial charge in [-0.05, 0) is 62.0 Å². The number of hydrogen-bond acceptors (Lipinski definition) is 5. The summed E-state index contributed by atoms with van der Waals surface area (Å²) in [5.41, 5.74) is 5.71. The lowest BCUT2D eigenvalue weighted by atomic mass is 9.66. The normalized spacial score (nSPS) is 27.6. The number of nitrogens with zero attached hydrogens (tertiary/aromatic N) is 3. The standard InChI is InChI=1S/C23H28F3N5O3/c1-11(22(21(33)34)8-14(23(24,25)26)9-28-20(22)32)15-6-7-17-29-16(10-31(17)30-15)19(27)18(12-2-3-12)13-4-5-13/h6-7,10-14,18-19H,2-5,8-9,27H2,1H3,(H,28,32)(H,33,34)/t11?,14-,19-,22?/m1/s1. The van der Waals surface area contributed by atoms with Crippen LogP contribution in [-0.4, -0.2) is 44.3 Å². The van der Waals surface area contributed by atoms with Crippen LogP contribution in [0.15, 0.2) is 18.3 Å². The number of aromatic nitrogens is 3. The van der Waals surface area contributed by atoms with Gasteiger partial charge in [-0.3, -0.25) is 9.59 Å². The van der Waals surface area contributed by atoms with Crippen LogP contribution in [0.1, 0.15) is 62.4 Å². The Morgan fingerprint density at radius 3 is 2.44 bits per heavy atom. The van der Waals surface area contributed by atoms with Crippen molar-refractivity contribution in [2.24, 2.45) is 34.8 Å². The number of carboxylic acid groups (broad SMARTS) is 1. The predicted octanol–water partition coefficient (Wildman–Crippen LogP) is 3.04. The van der Waals surface area contributed by atoms with Gasteiger partial charge in [-0.2, -0.15) is 18.3 Å². The van der Waals surface area contributed by atoms with Crippen molar-refractivity contribution in [1.82, 2.24) is 19.9 Å². The molecule has 184 valence electrons. The van der Waals surface area contributed by atoms with Crippen molar-refractivity contribution in [3.8, 4) is 0 Å². The number of alkyl halides is 3. The third kappa shape index (κ3) is 3.83. The van der Waals surface area contributed by atoms with E-state index in [1.165, 1.54) is 43.2 Å². The molecule has 1 aliphatic heterocycles. The van der Waals surface area contributed by atoms with E-state index in [4.69, 9.17) is 5.73 Å². The molecule has 2 unspecified atom stereocenters. The second kappa shape index (κ2) is 7.93. The summed E-state index contributed by atoms with van der Waals surface area (Å²) in [4.78, 5) is 29.6. The fourth-order valence-electron chi connectivity index (χ4n) is 5.59. The van der Waals surface area contributed by atoms with Crippen LogP contribution in [0.25, 0.3) is 5.65 Å². The predicted molar refractivity (Wildman–Crippen MR) is 115 cm³/mol. The van der Waals surface area contributed by atoms with Gasteiger partial charge >= 0.3 is 12.1 Å². The van der Waals surface area contributed by atoms with Crippen LogP contribution in [0.2, 0.25) is 0 Å². The van der Waals surface area contributed by atoms with Gasteiger partial charge in [-0.15, -0.1) is 0 Å². The molecule has 2 aliphatic carbocycles. The number of nitrogens with two attached hydrogens (primary N) is 1. The molecule has 0 radical (unpaired) electrons. The largest absolute Gasteiger partial charge is 0.480 e. The zero-order valence-electron chi connectivity index (χ0n) is 18.8. The third-order valence-corrected chi connectivity index (χ3v) is 7.96. The number of carboxylic acids is 1. The van der Waals surface area contributed by atoms with E-state index in [0.29, 0.717) is 29.1 Å². The number of amides is 1. The number of rotatable bonds is 7. The van der Waals surface area contributed by atoms with Crippen molar-refractivity contribution in [2.75, 3.05) is 6.54 Å². The second-order valence-corrected chi connectivity index (χ2v) is 10.2. The van der Waals surface area contributed by atoms with Crippen molar-refractivity contribution in [3.63, 3.8) is 0 Å². The van der Waals surface area contributed by atoms with E-state index < -0.39 is 48.3 Å². The molecule has 1 saturated heterocycles. The minimum Gasteiger partial charge on any atom is -0.480 e. The summed E-state index contributed by atoms with van der Waals surface area (Å²) in [6, 6.07) is 2.93. The third-order valence-electron chi connectivity index (χ3n) is 7.96. The molecular weight excluding hydrogens is 451 g/mol. The Morgan fingerprint density at radius 1 is 1.24 bits per heavy atom. The quantitative estimate of drug-likeness (QED) is 0.525. The van der Waals surface area contributed by atoms with Crippen LogP contribution in [-0.2, 0) is 9.59 Å². The van der Waals surface area contributed by atoms with E-state index >= 15 is 0 Å². The van der Waals surface area contributed by atoms with Gasteiger partial charge in [0, 0.05) is 12.5 Å². The Kier molecular flexibility index (Phi) is 5.38. The summed E-state index contributed by atoms with van der Waals surface area (Å²) in [7, 11) is 0. The van der Waals surface area contributed by atoms with Crippen LogP contribution in [0.3, 0.4) is 0 Å². The Labute approximate surface area is 194 Å². The molecule has 8 nitrogen and oxygen atoms in total. The zero-order chi connectivity index (χ0) is 24.4. The Bertz CT molecular complexity index is 1110. The van der Waals surface area contributed by atoms with Gasteiger partial charge < -0.3 is 16.2 Å². The molecule has 3 fully saturated rings. The van der Waals surface area contributed by atoms with E-state index in [9.17, 15) is 27.9 Å². The maximum atomic E-state index is 13.4. The number of carbonyl (C=O) groups excluding carboxylic acids is 1. The molecule has 34 heavy (non-hydrogen) atoms. The lowest BCUT2D eigenvalue weighted by molar-refractivity contribution is -0.195. The highest BCUT2D eigenvalue weighted by atomic mass is 19.4. The molecule has 3 heterocycles. The van der Waals surface area contributed by atoms with E-state index in [1.807, 2.05) is 0 Å². The van der Waals surface area contributed by atoms with Crippen LogP contribution in [0.4, 0.5) is 13.2 Å². The first-order valence-corrected chi connectivity index (χ1v) is 11.7. The minimum absolute atomic E-state index is 0.200. The zero-order valence-corrected chi connectivity index (χ0v) is 18.8. The summed E-state index contributed by atoms with van der Waals surface area (Å²) in [5.74, 6) is -3.96. The second-order valence-electron chi connectivity index (χ2n) is 10.2. The average Bonchev–Trinajstić information content (AvgIpc) is 3.71. The van der Waals surface area contributed by atoms with E-state index in [2.05, 4.69) is 15.4 Å². The summed E-state index contributed by atoms with van der Waals surface area (Å²) in [6.07, 6.45) is 0.964. The van der Waals surface area contributed by atoms with Gasteiger partial charge in [-0.25, -0.2) is 9.50 Å². The number of aliphatic carboxylic acids is 1. The van der Waals surface area contributed by atoms with E-state index in [0.717, 1.165) is 0 Å². The van der Waals surface area contributed by atoms with Gasteiger partial charge in [0.25, 0.3) is 0 Å². The highest BCUT2D eigenvalue weighted by Crippen LogP contribution is 2.53. The average molecular weight is 480 g/mol. The lowest BCUT2D eigenvalue weighted by Gasteiger charge is -2.40. The summed E-state index contributed by atoms with van der Waals surface area (Å²) >= 11 is 0. The molecule has 11 heteroatoms. The molecule has 2 aromatic heterocycles. The molecule has 5 rings (SSSR count). The van der Waals surface area contributed by atoms with Crippen LogP contribution >= 0.6 is 0 Å². The number of carbonyl (C=O) groups is 2. The maximum absolute atomic E-state index is 13.4. The topological polar surface area (TPSA) is 123 Å². The molecule has 2 saturated carbocycles. The molecule has 0 spiro atoms. The van der Waals surface area contributed by atoms with E-state index in [-0.39, 0.29) is 11.7 Å². The molecule has 4 N–H and O–H groups in total. The van der Waals surface area contributed by atoms with Crippen molar-refractivity contribution >= 4 is 17.5 Å². The SMILES string of the molecule is CC(c1ccc2nc([C@@H](N)C(C3CC3)C3CC3)cn2n1)C1(C(=O)O)C[C@@H](C(F)(F)F)CNC1=O. The van der Waals surface area contributed by atoms with Crippen molar-refractivity contribution < 1.29 is 27.9 Å². The maximum Gasteiger partial charge on any atom is 0.393 e. The van der Waals surface area contributed by atoms with Gasteiger partial charge in [-0.1, -0.05) is 6.92 Å². The van der Waals surface area contributed by atoms with Crippen LogP contribution < -0.4 is 11.1 Å². The smallest absolute Gasteiger partial charge is 0.393 e. The monoisotopic (exact) mass is 479 g/mol. The molecule has 4 atom stereocenters. The molecule has 0 aromatic carbocycles. The number of fused-ring (bicyclic) bond motifs is 1. The summed E-state index contributed by atoms with van der Waals surface area (Å²) in [5, 5.41) is 16.6. The van der Waals surface area contributed by atoms with Gasteiger partial charge in [0.2, 0.25) is 5.91 Å². The Balaban J connectivity index is 1.46.